The Balaban J connectivity index is 1.91. The molecule has 1 aromatic heterocycles. The van der Waals surface area contributed by atoms with Crippen molar-refractivity contribution >= 4 is 11.3 Å². The standard InChI is InChI=1S/C12H19NOS/c1-9(13-6-3-7-14)12-8-10-4-2-5-11(10)15-12/h8-9,13-14H,2-7H2,1H3. The maximum Gasteiger partial charge on any atom is 0.0443 e. The second kappa shape index (κ2) is 5.10. The third kappa shape index (κ3) is 2.60. The number of aliphatic hydroxyl groups is 1. The van der Waals surface area contributed by atoms with Gasteiger partial charge in [0.2, 0.25) is 0 Å². The molecule has 0 bridgehead atoms. The predicted octanol–water partition coefficient (Wildman–Crippen LogP) is 2.27. The lowest BCUT2D eigenvalue weighted by Gasteiger charge is -2.11. The third-order valence-electron chi connectivity index (χ3n) is 2.98. The molecule has 1 atom stereocenters. The van der Waals surface area contributed by atoms with Crippen LogP contribution in [0.4, 0.5) is 0 Å². The Kier molecular flexibility index (Phi) is 3.78. The summed E-state index contributed by atoms with van der Waals surface area (Å²) in [6.45, 7) is 3.39. The Morgan fingerprint density at radius 3 is 3.13 bits per heavy atom. The molecule has 0 radical (unpaired) electrons. The fourth-order valence-electron chi connectivity index (χ4n) is 2.06. The van der Waals surface area contributed by atoms with Crippen molar-refractivity contribution < 1.29 is 5.11 Å². The van der Waals surface area contributed by atoms with E-state index >= 15 is 0 Å². The first kappa shape index (κ1) is 11.1. The number of hydrogen-bond donors (Lipinski definition) is 2. The van der Waals surface area contributed by atoms with E-state index in [2.05, 4.69) is 18.3 Å². The Morgan fingerprint density at radius 1 is 1.53 bits per heavy atom. The van der Waals surface area contributed by atoms with Crippen molar-refractivity contribution in [1.82, 2.24) is 5.32 Å². The number of nitrogens with one attached hydrogen (secondary N) is 1. The Bertz CT molecular complexity index is 300. The zero-order chi connectivity index (χ0) is 10.7. The highest BCUT2D eigenvalue weighted by Gasteiger charge is 2.17. The van der Waals surface area contributed by atoms with Crippen LogP contribution in [-0.2, 0) is 12.8 Å². The van der Waals surface area contributed by atoms with Gasteiger partial charge >= 0.3 is 0 Å². The van der Waals surface area contributed by atoms with Gasteiger partial charge in [-0.05, 0) is 50.8 Å². The summed E-state index contributed by atoms with van der Waals surface area (Å²) in [5, 5.41) is 12.1. The molecule has 1 aliphatic carbocycles. The molecule has 1 unspecified atom stereocenters. The highest BCUT2D eigenvalue weighted by Crippen LogP contribution is 2.33. The maximum absolute atomic E-state index is 8.71. The lowest BCUT2D eigenvalue weighted by atomic mass is 10.2. The Hall–Kier alpha value is -0.380. The second-order valence-electron chi connectivity index (χ2n) is 4.20. The minimum absolute atomic E-state index is 0.278. The first-order chi connectivity index (χ1) is 7.31. The predicted molar refractivity (Wildman–Crippen MR) is 64.5 cm³/mol. The molecule has 2 nitrogen and oxygen atoms in total. The summed E-state index contributed by atoms with van der Waals surface area (Å²) in [5.74, 6) is 0. The summed E-state index contributed by atoms with van der Waals surface area (Å²) in [6.07, 6.45) is 4.74. The van der Waals surface area contributed by atoms with E-state index < -0.39 is 0 Å². The number of rotatable bonds is 5. The molecule has 1 aromatic rings. The largest absolute Gasteiger partial charge is 0.396 e. The van der Waals surface area contributed by atoms with E-state index in [1.807, 2.05) is 11.3 Å². The van der Waals surface area contributed by atoms with E-state index in [0.29, 0.717) is 6.04 Å². The van der Waals surface area contributed by atoms with Crippen LogP contribution < -0.4 is 5.32 Å². The summed E-state index contributed by atoms with van der Waals surface area (Å²) in [7, 11) is 0. The van der Waals surface area contributed by atoms with Gasteiger partial charge in [-0.15, -0.1) is 11.3 Å². The van der Waals surface area contributed by atoms with Gasteiger partial charge in [0.1, 0.15) is 0 Å². The molecule has 0 fully saturated rings. The molecule has 0 amide bonds. The van der Waals surface area contributed by atoms with E-state index in [4.69, 9.17) is 5.11 Å². The molecule has 0 spiro atoms. The maximum atomic E-state index is 8.71. The molecule has 2 rings (SSSR count). The summed E-state index contributed by atoms with van der Waals surface area (Å²) >= 11 is 1.96. The van der Waals surface area contributed by atoms with Gasteiger partial charge in [-0.3, -0.25) is 0 Å². The number of fused-ring (bicyclic) bond motifs is 1. The van der Waals surface area contributed by atoms with Crippen molar-refractivity contribution in [3.8, 4) is 0 Å². The molecule has 84 valence electrons. The first-order valence-electron chi connectivity index (χ1n) is 5.77. The van der Waals surface area contributed by atoms with Crippen molar-refractivity contribution in [3.05, 3.63) is 21.4 Å². The molecular weight excluding hydrogens is 206 g/mol. The van der Waals surface area contributed by atoms with Crippen LogP contribution in [0.5, 0.6) is 0 Å². The minimum atomic E-state index is 0.278. The Morgan fingerprint density at radius 2 is 2.40 bits per heavy atom. The smallest absolute Gasteiger partial charge is 0.0443 e. The molecule has 0 aromatic carbocycles. The molecular formula is C12H19NOS. The number of thiophene rings is 1. The molecule has 0 saturated carbocycles. The van der Waals surface area contributed by atoms with Crippen LogP contribution in [0.25, 0.3) is 0 Å². The fourth-order valence-corrected chi connectivity index (χ4v) is 3.35. The normalized spacial score (nSPS) is 16.7. The van der Waals surface area contributed by atoms with Gasteiger partial charge in [-0.25, -0.2) is 0 Å². The molecule has 15 heavy (non-hydrogen) atoms. The van der Waals surface area contributed by atoms with Crippen LogP contribution in [0.1, 0.15) is 41.1 Å². The number of hydrogen-bond acceptors (Lipinski definition) is 3. The van der Waals surface area contributed by atoms with Gasteiger partial charge in [0.15, 0.2) is 0 Å². The van der Waals surface area contributed by atoms with E-state index in [0.717, 1.165) is 13.0 Å². The topological polar surface area (TPSA) is 32.3 Å². The number of aryl methyl sites for hydroxylation is 2. The SMILES string of the molecule is CC(NCCCO)c1cc2c(s1)CCC2. The van der Waals surface area contributed by atoms with E-state index in [-0.39, 0.29) is 6.61 Å². The second-order valence-corrected chi connectivity index (χ2v) is 5.37. The van der Waals surface area contributed by atoms with Gasteiger partial charge in [0.05, 0.1) is 0 Å². The lowest BCUT2D eigenvalue weighted by Crippen LogP contribution is -2.19. The van der Waals surface area contributed by atoms with Gasteiger partial charge in [0.25, 0.3) is 0 Å². The van der Waals surface area contributed by atoms with Gasteiger partial charge in [-0.1, -0.05) is 0 Å². The van der Waals surface area contributed by atoms with Gasteiger partial charge in [0, 0.05) is 22.4 Å². The zero-order valence-electron chi connectivity index (χ0n) is 9.25. The van der Waals surface area contributed by atoms with Gasteiger partial charge < -0.3 is 10.4 Å². The van der Waals surface area contributed by atoms with Crippen LogP contribution >= 0.6 is 11.3 Å². The van der Waals surface area contributed by atoms with E-state index in [9.17, 15) is 0 Å². The summed E-state index contributed by atoms with van der Waals surface area (Å²) in [5.41, 5.74) is 1.57. The van der Waals surface area contributed by atoms with Crippen LogP contribution in [0.3, 0.4) is 0 Å². The molecule has 3 heteroatoms. The molecule has 2 N–H and O–H groups in total. The lowest BCUT2D eigenvalue weighted by molar-refractivity contribution is 0.284. The van der Waals surface area contributed by atoms with E-state index in [1.165, 1.54) is 24.1 Å². The van der Waals surface area contributed by atoms with Crippen molar-refractivity contribution in [3.63, 3.8) is 0 Å². The quantitative estimate of drug-likeness (QED) is 0.753. The van der Waals surface area contributed by atoms with Crippen molar-refractivity contribution in [2.75, 3.05) is 13.2 Å². The first-order valence-corrected chi connectivity index (χ1v) is 6.58. The highest BCUT2D eigenvalue weighted by molar-refractivity contribution is 7.12. The zero-order valence-corrected chi connectivity index (χ0v) is 10.1. The van der Waals surface area contributed by atoms with Crippen molar-refractivity contribution in [1.29, 1.82) is 0 Å². The summed E-state index contributed by atoms with van der Waals surface area (Å²) < 4.78 is 0. The third-order valence-corrected chi connectivity index (χ3v) is 4.40. The van der Waals surface area contributed by atoms with Crippen LogP contribution in [0, 0.1) is 0 Å². The van der Waals surface area contributed by atoms with Crippen molar-refractivity contribution in [2.45, 2.75) is 38.6 Å². The summed E-state index contributed by atoms with van der Waals surface area (Å²) in [4.78, 5) is 3.05. The average molecular weight is 225 g/mol. The monoisotopic (exact) mass is 225 g/mol. The molecule has 1 aliphatic rings. The Labute approximate surface area is 95.3 Å². The minimum Gasteiger partial charge on any atom is -0.396 e. The highest BCUT2D eigenvalue weighted by atomic mass is 32.1. The van der Waals surface area contributed by atoms with Crippen LogP contribution in [-0.4, -0.2) is 18.3 Å². The fraction of sp³-hybridized carbons (Fsp3) is 0.667. The summed E-state index contributed by atoms with van der Waals surface area (Å²) in [6, 6.07) is 2.80. The van der Waals surface area contributed by atoms with Crippen LogP contribution in [0.2, 0.25) is 0 Å². The average Bonchev–Trinajstić information content (AvgIpc) is 2.76. The number of aliphatic hydroxyl groups excluding tert-OH is 1. The van der Waals surface area contributed by atoms with Crippen LogP contribution in [0.15, 0.2) is 6.07 Å². The van der Waals surface area contributed by atoms with E-state index in [1.54, 1.807) is 10.4 Å². The van der Waals surface area contributed by atoms with Crippen molar-refractivity contribution in [2.24, 2.45) is 0 Å². The van der Waals surface area contributed by atoms with Gasteiger partial charge in [-0.2, -0.15) is 0 Å². The molecule has 0 saturated heterocycles. The molecule has 0 aliphatic heterocycles. The molecule has 1 heterocycles.